The van der Waals surface area contributed by atoms with Crippen molar-refractivity contribution in [3.05, 3.63) is 21.9 Å². The first kappa shape index (κ1) is 10.3. The van der Waals surface area contributed by atoms with E-state index >= 15 is 0 Å². The van der Waals surface area contributed by atoms with Crippen molar-refractivity contribution in [2.24, 2.45) is 0 Å². The molecule has 0 unspecified atom stereocenters. The highest BCUT2D eigenvalue weighted by atomic mass is 32.1. The average Bonchev–Trinajstić information content (AvgIpc) is 2.37. The van der Waals surface area contributed by atoms with Crippen molar-refractivity contribution in [1.82, 2.24) is 5.32 Å². The van der Waals surface area contributed by atoms with Gasteiger partial charge in [0.25, 0.3) is 0 Å². The minimum atomic E-state index is 0.785. The van der Waals surface area contributed by atoms with Gasteiger partial charge in [0.15, 0.2) is 6.29 Å². The molecular formula is C8H13NOS. The fraction of sp³-hybridized carbons (Fsp3) is 0.375. The number of carbonyl (C=O) groups excluding carboxylic acids is 1. The maximum atomic E-state index is 10.0. The molecule has 1 N–H and O–H groups in total. The summed E-state index contributed by atoms with van der Waals surface area (Å²) in [4.78, 5) is 11.2. The molecule has 0 saturated carbocycles. The summed E-state index contributed by atoms with van der Waals surface area (Å²) in [6.45, 7) is 1.98. The zero-order chi connectivity index (χ0) is 8.69. The van der Waals surface area contributed by atoms with E-state index in [1.807, 2.05) is 32.5 Å². The molecule has 3 heteroatoms. The van der Waals surface area contributed by atoms with Gasteiger partial charge in [-0.2, -0.15) is 0 Å². The van der Waals surface area contributed by atoms with Crippen molar-refractivity contribution in [3.63, 3.8) is 0 Å². The average molecular weight is 171 g/mol. The second kappa shape index (κ2) is 6.07. The number of hydrogen-bond acceptors (Lipinski definition) is 3. The summed E-state index contributed by atoms with van der Waals surface area (Å²) >= 11 is 1.60. The lowest BCUT2D eigenvalue weighted by molar-refractivity contribution is 0.112. The van der Waals surface area contributed by atoms with Crippen molar-refractivity contribution in [3.8, 4) is 0 Å². The molecule has 0 saturated heterocycles. The van der Waals surface area contributed by atoms with Crippen LogP contribution in [0.25, 0.3) is 0 Å². The molecule has 1 heterocycles. The molecule has 0 radical (unpaired) electrons. The van der Waals surface area contributed by atoms with E-state index in [9.17, 15) is 4.79 Å². The molecule has 0 spiro atoms. The summed E-state index contributed by atoms with van der Waals surface area (Å²) in [6, 6.07) is 1.87. The summed E-state index contributed by atoms with van der Waals surface area (Å²) in [5, 5.41) is 4.60. The van der Waals surface area contributed by atoms with Gasteiger partial charge >= 0.3 is 0 Å². The fourth-order valence-corrected chi connectivity index (χ4v) is 1.18. The Kier molecular flexibility index (Phi) is 5.70. The smallest absolute Gasteiger partial charge is 0.150 e. The number of rotatable bonds is 1. The Labute approximate surface area is 71.2 Å². The molecule has 0 fully saturated rings. The molecule has 0 aliphatic carbocycles. The second-order valence-corrected chi connectivity index (χ2v) is 3.22. The van der Waals surface area contributed by atoms with Crippen molar-refractivity contribution < 1.29 is 4.79 Å². The van der Waals surface area contributed by atoms with Crippen LogP contribution in [0.3, 0.4) is 0 Å². The van der Waals surface area contributed by atoms with Crippen molar-refractivity contribution in [2.45, 2.75) is 6.92 Å². The molecule has 0 atom stereocenters. The highest BCUT2D eigenvalue weighted by molar-refractivity contribution is 7.10. The molecule has 0 bridgehead atoms. The summed E-state index contributed by atoms with van der Waals surface area (Å²) in [5.41, 5.74) is 0.785. The second-order valence-electron chi connectivity index (χ2n) is 2.11. The minimum absolute atomic E-state index is 0.785. The van der Waals surface area contributed by atoms with E-state index in [0.717, 1.165) is 11.8 Å². The van der Waals surface area contributed by atoms with Gasteiger partial charge in [0, 0.05) is 15.8 Å². The number of aldehydes is 1. The quantitative estimate of drug-likeness (QED) is 0.652. The Morgan fingerprint density at radius 1 is 1.55 bits per heavy atom. The zero-order valence-electron chi connectivity index (χ0n) is 7.05. The van der Waals surface area contributed by atoms with E-state index in [1.54, 1.807) is 11.3 Å². The maximum Gasteiger partial charge on any atom is 0.150 e. The van der Waals surface area contributed by atoms with E-state index in [1.165, 1.54) is 4.88 Å². The molecule has 0 aromatic carbocycles. The van der Waals surface area contributed by atoms with Crippen LogP contribution >= 0.6 is 11.3 Å². The SMILES string of the molecule is CNC.Cc1cc(C=O)cs1. The van der Waals surface area contributed by atoms with Crippen LogP contribution in [-0.2, 0) is 0 Å². The summed E-state index contributed by atoms with van der Waals surface area (Å²) in [7, 11) is 3.75. The van der Waals surface area contributed by atoms with Crippen LogP contribution in [0, 0.1) is 6.92 Å². The Bertz CT molecular complexity index is 208. The lowest BCUT2D eigenvalue weighted by Crippen LogP contribution is -1.89. The topological polar surface area (TPSA) is 29.1 Å². The first-order valence-corrected chi connectivity index (χ1v) is 4.21. The van der Waals surface area contributed by atoms with Gasteiger partial charge in [0.1, 0.15) is 0 Å². The molecule has 1 aromatic rings. The molecule has 0 aliphatic rings. The number of hydrogen-bond donors (Lipinski definition) is 1. The summed E-state index contributed by atoms with van der Waals surface area (Å²) in [6.07, 6.45) is 0.865. The van der Waals surface area contributed by atoms with E-state index in [4.69, 9.17) is 0 Å². The standard InChI is InChI=1S/C6H6OS.C2H7N/c1-5-2-6(3-7)4-8-5;1-3-2/h2-4H,1H3;3H,1-2H3. The van der Waals surface area contributed by atoms with E-state index in [0.29, 0.717) is 0 Å². The molecule has 11 heavy (non-hydrogen) atoms. The van der Waals surface area contributed by atoms with Gasteiger partial charge in [0.05, 0.1) is 0 Å². The highest BCUT2D eigenvalue weighted by Crippen LogP contribution is 2.09. The van der Waals surface area contributed by atoms with Gasteiger partial charge in [-0.1, -0.05) is 0 Å². The molecule has 0 aliphatic heterocycles. The number of carbonyl (C=O) groups is 1. The largest absolute Gasteiger partial charge is 0.323 e. The predicted octanol–water partition coefficient (Wildman–Crippen LogP) is 1.70. The van der Waals surface area contributed by atoms with Gasteiger partial charge < -0.3 is 5.32 Å². The van der Waals surface area contributed by atoms with Gasteiger partial charge in [-0.15, -0.1) is 11.3 Å². The van der Waals surface area contributed by atoms with Crippen LogP contribution in [0.5, 0.6) is 0 Å². The molecule has 1 rings (SSSR count). The highest BCUT2D eigenvalue weighted by Gasteiger charge is 1.89. The Morgan fingerprint density at radius 3 is 2.27 bits per heavy atom. The fourth-order valence-electron chi connectivity index (χ4n) is 0.526. The Balaban J connectivity index is 0.000000292. The van der Waals surface area contributed by atoms with Crippen molar-refractivity contribution in [1.29, 1.82) is 0 Å². The van der Waals surface area contributed by atoms with Gasteiger partial charge in [0.2, 0.25) is 0 Å². The number of nitrogens with one attached hydrogen (secondary N) is 1. The molecule has 2 nitrogen and oxygen atoms in total. The maximum absolute atomic E-state index is 10.0. The van der Waals surface area contributed by atoms with Gasteiger partial charge in [-0.25, -0.2) is 0 Å². The van der Waals surface area contributed by atoms with E-state index in [-0.39, 0.29) is 0 Å². The lowest BCUT2D eigenvalue weighted by atomic mass is 10.3. The molecule has 0 amide bonds. The van der Waals surface area contributed by atoms with E-state index in [2.05, 4.69) is 5.32 Å². The van der Waals surface area contributed by atoms with Crippen LogP contribution < -0.4 is 5.32 Å². The third kappa shape index (κ3) is 4.70. The third-order valence-corrected chi connectivity index (χ3v) is 1.77. The zero-order valence-corrected chi connectivity index (χ0v) is 7.87. The van der Waals surface area contributed by atoms with Crippen LogP contribution in [0.2, 0.25) is 0 Å². The monoisotopic (exact) mass is 171 g/mol. The van der Waals surface area contributed by atoms with Crippen LogP contribution in [0.1, 0.15) is 15.2 Å². The van der Waals surface area contributed by atoms with Gasteiger partial charge in [-0.3, -0.25) is 4.79 Å². The predicted molar refractivity (Wildman–Crippen MR) is 49.4 cm³/mol. The van der Waals surface area contributed by atoms with Gasteiger partial charge in [-0.05, 0) is 27.1 Å². The molecule has 1 aromatic heterocycles. The van der Waals surface area contributed by atoms with Crippen molar-refractivity contribution >= 4 is 17.6 Å². The number of aryl methyl sites for hydroxylation is 1. The molecule has 62 valence electrons. The van der Waals surface area contributed by atoms with Crippen LogP contribution in [0.15, 0.2) is 11.4 Å². The third-order valence-electron chi connectivity index (χ3n) is 0.887. The normalized spacial score (nSPS) is 8.27. The summed E-state index contributed by atoms with van der Waals surface area (Å²) in [5.74, 6) is 0. The molecular weight excluding hydrogens is 158 g/mol. The van der Waals surface area contributed by atoms with E-state index < -0.39 is 0 Å². The first-order valence-electron chi connectivity index (χ1n) is 3.33. The Hall–Kier alpha value is -0.670. The number of thiophene rings is 1. The Morgan fingerprint density at radius 2 is 2.09 bits per heavy atom. The van der Waals surface area contributed by atoms with Crippen LogP contribution in [-0.4, -0.2) is 20.4 Å². The lowest BCUT2D eigenvalue weighted by Gasteiger charge is -1.70. The van der Waals surface area contributed by atoms with Crippen molar-refractivity contribution in [2.75, 3.05) is 14.1 Å². The first-order chi connectivity index (χ1) is 5.24. The summed E-state index contributed by atoms with van der Waals surface area (Å²) < 4.78 is 0. The van der Waals surface area contributed by atoms with Crippen LogP contribution in [0.4, 0.5) is 0 Å². The minimum Gasteiger partial charge on any atom is -0.323 e.